The Balaban J connectivity index is 1.42. The molecule has 1 aliphatic heterocycles. The Bertz CT molecular complexity index is 1960. The van der Waals surface area contributed by atoms with Crippen LogP contribution in [0.2, 0.25) is 0 Å². The zero-order valence-electron chi connectivity index (χ0n) is 25.2. The van der Waals surface area contributed by atoms with Crippen LogP contribution in [0, 0.1) is 17.5 Å². The number of nitrogens with one attached hydrogen (secondary N) is 2. The highest BCUT2D eigenvalue weighted by Gasteiger charge is 2.24. The molecule has 5 aromatic rings. The molecule has 4 bridgehead atoms. The van der Waals surface area contributed by atoms with Gasteiger partial charge < -0.3 is 30.6 Å². The second-order valence-corrected chi connectivity index (χ2v) is 12.6. The van der Waals surface area contributed by atoms with E-state index in [1.807, 2.05) is 0 Å². The average Bonchev–Trinajstić information content (AvgIpc) is 3.71. The van der Waals surface area contributed by atoms with Crippen LogP contribution in [-0.2, 0) is 17.8 Å². The normalized spacial score (nSPS) is 17.1. The lowest BCUT2D eigenvalue weighted by Crippen LogP contribution is -2.26. The number of benzene rings is 3. The van der Waals surface area contributed by atoms with Crippen LogP contribution >= 0.6 is 11.8 Å². The number of aryl methyl sites for hydroxylation is 1. The largest absolute Gasteiger partial charge is 0.481 e. The third-order valence-electron chi connectivity index (χ3n) is 8.10. The van der Waals surface area contributed by atoms with E-state index < -0.39 is 29.3 Å². The summed E-state index contributed by atoms with van der Waals surface area (Å²) in [5.74, 6) is 4.69. The second kappa shape index (κ2) is 13.9. The molecule has 0 saturated carbocycles. The summed E-state index contributed by atoms with van der Waals surface area (Å²) in [4.78, 5) is 21.8. The summed E-state index contributed by atoms with van der Waals surface area (Å²) in [5.41, 5.74) is 9.19. The Morgan fingerprint density at radius 3 is 2.81 bits per heavy atom. The van der Waals surface area contributed by atoms with Crippen molar-refractivity contribution in [2.75, 3.05) is 11.5 Å². The predicted octanol–water partition coefficient (Wildman–Crippen LogP) is 6.92. The number of nitrogens with zero attached hydrogens (tertiary/aromatic N) is 2. The van der Waals surface area contributed by atoms with Crippen LogP contribution in [0.4, 0.5) is 13.2 Å². The van der Waals surface area contributed by atoms with Gasteiger partial charge in [0.25, 0.3) is 0 Å². The Kier molecular flexibility index (Phi) is 9.45. The summed E-state index contributed by atoms with van der Waals surface area (Å²) >= 11 is 1.63. The van der Waals surface area contributed by atoms with Crippen molar-refractivity contribution >= 4 is 28.6 Å². The van der Waals surface area contributed by atoms with Crippen LogP contribution in [0.15, 0.2) is 72.8 Å². The van der Waals surface area contributed by atoms with Gasteiger partial charge in [-0.1, -0.05) is 18.2 Å². The number of nitrogens with two attached hydrogens (primary N) is 2. The summed E-state index contributed by atoms with van der Waals surface area (Å²) in [5, 5.41) is 11.2. The smallest absolute Gasteiger partial charge is 0.303 e. The number of thioether (sulfide) groups is 1. The molecule has 1 atom stereocenters. The quantitative estimate of drug-likeness (QED) is 0.130. The third-order valence-corrected chi connectivity index (χ3v) is 9.12. The highest BCUT2D eigenvalue weighted by atomic mass is 32.2. The number of allylic oxidation sites excluding steroid dienone is 1. The van der Waals surface area contributed by atoms with E-state index in [1.165, 1.54) is 29.3 Å². The van der Waals surface area contributed by atoms with E-state index in [4.69, 9.17) is 21.4 Å². The van der Waals surface area contributed by atoms with Crippen molar-refractivity contribution in [3.05, 3.63) is 113 Å². The summed E-state index contributed by atoms with van der Waals surface area (Å²) in [7, 11) is 0. The number of aliphatic carboxylic acids is 1. The Morgan fingerprint density at radius 2 is 1.98 bits per heavy atom. The number of aromatic nitrogens is 3. The first-order valence-electron chi connectivity index (χ1n) is 15.0. The first-order chi connectivity index (χ1) is 22.7. The average molecular weight is 663 g/mol. The number of hydrazine groups is 1. The zero-order valence-corrected chi connectivity index (χ0v) is 26.0. The van der Waals surface area contributed by atoms with Crippen LogP contribution in [0.5, 0.6) is 11.5 Å². The summed E-state index contributed by atoms with van der Waals surface area (Å²) in [6.45, 7) is 0.0731. The van der Waals surface area contributed by atoms with Gasteiger partial charge in [-0.05, 0) is 66.2 Å². The highest BCUT2D eigenvalue weighted by Crippen LogP contribution is 2.38. The van der Waals surface area contributed by atoms with E-state index >= 15 is 13.2 Å². The Morgan fingerprint density at radius 1 is 1.13 bits per heavy atom. The number of carbonyl (C=O) groups is 1. The molecule has 0 saturated heterocycles. The molecule has 9 nitrogen and oxygen atoms in total. The lowest BCUT2D eigenvalue weighted by Gasteiger charge is -2.20. The van der Waals surface area contributed by atoms with Gasteiger partial charge >= 0.3 is 5.97 Å². The molecule has 6 rings (SSSR count). The highest BCUT2D eigenvalue weighted by molar-refractivity contribution is 7.99. The minimum absolute atomic E-state index is 0.0474. The molecule has 0 spiro atoms. The molecule has 0 fully saturated rings. The number of rotatable bonds is 4. The van der Waals surface area contributed by atoms with Crippen molar-refractivity contribution in [1.82, 2.24) is 20.0 Å². The molecule has 1 unspecified atom stereocenters. The van der Waals surface area contributed by atoms with Gasteiger partial charge in [-0.25, -0.2) is 24.0 Å². The fourth-order valence-electron chi connectivity index (χ4n) is 5.79. The number of hydrogen-bond donors (Lipinski definition) is 5. The van der Waals surface area contributed by atoms with E-state index in [0.717, 1.165) is 0 Å². The van der Waals surface area contributed by atoms with Crippen molar-refractivity contribution in [2.45, 2.75) is 38.1 Å². The molecule has 1 aliphatic rings. The number of H-pyrrole nitrogens is 2. The monoisotopic (exact) mass is 662 g/mol. The summed E-state index contributed by atoms with van der Waals surface area (Å²) < 4.78 is 52.7. The molecule has 47 heavy (non-hydrogen) atoms. The Hall–Kier alpha value is -4.88. The molecule has 2 aromatic heterocycles. The molecule has 0 amide bonds. The topological polar surface area (TPSA) is 146 Å². The summed E-state index contributed by atoms with van der Waals surface area (Å²) in [6, 6.07) is 12.1. The van der Waals surface area contributed by atoms with Crippen LogP contribution < -0.4 is 16.3 Å². The van der Waals surface area contributed by atoms with Gasteiger partial charge in [0, 0.05) is 64.9 Å². The van der Waals surface area contributed by atoms with Crippen LogP contribution in [0.3, 0.4) is 0 Å². The molecule has 3 aromatic carbocycles. The molecule has 0 radical (unpaired) electrons. The predicted molar refractivity (Wildman–Crippen MR) is 175 cm³/mol. The lowest BCUT2D eigenvalue weighted by molar-refractivity contribution is -0.136. The van der Waals surface area contributed by atoms with E-state index in [2.05, 4.69) is 15.0 Å². The number of ether oxygens (including phenoxy) is 1. The van der Waals surface area contributed by atoms with E-state index in [9.17, 15) is 4.79 Å². The summed E-state index contributed by atoms with van der Waals surface area (Å²) in [6.07, 6.45) is 5.71. The zero-order chi connectivity index (χ0) is 33.1. The molecule has 13 heteroatoms. The number of halogens is 3. The first kappa shape index (κ1) is 32.1. The minimum Gasteiger partial charge on any atom is -0.481 e. The fourth-order valence-corrected chi connectivity index (χ4v) is 6.78. The van der Waals surface area contributed by atoms with Crippen molar-refractivity contribution in [2.24, 2.45) is 11.6 Å². The van der Waals surface area contributed by atoms with Gasteiger partial charge in [0.2, 0.25) is 0 Å². The van der Waals surface area contributed by atoms with Crippen molar-refractivity contribution in [3.8, 4) is 22.9 Å². The SMILES string of the molecule is N/C1=C\N(N)Cc2c(c(F)cc3[nH]ccc23)Oc2ccc(F)c(c2)-c2ncc([nH]2)C(c2cccc(CCC(=O)O)c2F)CCSCC1. The lowest BCUT2D eigenvalue weighted by atomic mass is 9.91. The first-order valence-corrected chi connectivity index (χ1v) is 16.2. The van der Waals surface area contributed by atoms with Crippen LogP contribution in [-0.4, -0.2) is 42.5 Å². The van der Waals surface area contributed by atoms with Gasteiger partial charge in [-0.15, -0.1) is 0 Å². The molecular weight excluding hydrogens is 629 g/mol. The van der Waals surface area contributed by atoms with Crippen LogP contribution in [0.1, 0.15) is 47.6 Å². The maximum absolute atomic E-state index is 15.8. The second-order valence-electron chi connectivity index (χ2n) is 11.3. The molecule has 7 N–H and O–H groups in total. The standard InChI is InChI=1S/C34H33F3N6O3S/c35-27-6-5-21-14-25(27)34-41-16-30(42-34)23(24-3-1-2-19(32(24)37)4-7-31(44)45)10-13-47-12-9-20(38)17-43(39)18-26-22-8-11-40-29(22)15-28(36)33(26)46-21/h1-3,5-6,8,11,14-17,23,40H,4,7,9-10,12-13,18,38-39H2,(H,41,42)(H,44,45)/b20-17-. The fraction of sp³-hybridized carbons (Fsp3) is 0.235. The number of carboxylic acids is 1. The van der Waals surface area contributed by atoms with Crippen molar-refractivity contribution in [3.63, 3.8) is 0 Å². The minimum atomic E-state index is -1.01. The van der Waals surface area contributed by atoms with Crippen molar-refractivity contribution < 1.29 is 27.8 Å². The maximum atomic E-state index is 15.8. The number of carboxylic acid groups (broad SMARTS) is 1. The van der Waals surface area contributed by atoms with Gasteiger partial charge in [-0.3, -0.25) is 4.79 Å². The number of hydrogen-bond acceptors (Lipinski definition) is 7. The number of imidazole rings is 1. The van der Waals surface area contributed by atoms with Gasteiger partial charge in [0.15, 0.2) is 11.6 Å². The van der Waals surface area contributed by atoms with Crippen molar-refractivity contribution in [1.29, 1.82) is 0 Å². The number of aromatic amines is 2. The Labute approximate surface area is 272 Å². The van der Waals surface area contributed by atoms with Crippen LogP contribution in [0.25, 0.3) is 22.3 Å². The molecular formula is C34H33F3N6O3S. The van der Waals surface area contributed by atoms with E-state index in [1.54, 1.807) is 54.6 Å². The molecule has 0 aliphatic carbocycles. The maximum Gasteiger partial charge on any atom is 0.303 e. The van der Waals surface area contributed by atoms with E-state index in [-0.39, 0.29) is 42.3 Å². The van der Waals surface area contributed by atoms with Gasteiger partial charge in [0.1, 0.15) is 23.2 Å². The van der Waals surface area contributed by atoms with E-state index in [0.29, 0.717) is 63.3 Å². The molecule has 3 heterocycles. The number of fused-ring (bicyclic) bond motifs is 8. The van der Waals surface area contributed by atoms with Gasteiger partial charge in [-0.2, -0.15) is 11.8 Å². The third kappa shape index (κ3) is 7.10. The van der Waals surface area contributed by atoms with Gasteiger partial charge in [0.05, 0.1) is 12.1 Å². The molecule has 244 valence electrons.